The third-order valence-corrected chi connectivity index (χ3v) is 2.82. The summed E-state index contributed by atoms with van der Waals surface area (Å²) in [5, 5.41) is 10.3. The molecule has 0 spiro atoms. The van der Waals surface area contributed by atoms with Crippen LogP contribution in [0, 0.1) is 0 Å². The van der Waals surface area contributed by atoms with Crippen LogP contribution in [0.2, 0.25) is 0 Å². The Morgan fingerprint density at radius 1 is 1.06 bits per heavy atom. The van der Waals surface area contributed by atoms with Crippen LogP contribution in [0.4, 0.5) is 0 Å². The van der Waals surface area contributed by atoms with E-state index in [1.54, 1.807) is 24.7 Å². The molecule has 0 fully saturated rings. The maximum atomic E-state index is 9.34. The van der Waals surface area contributed by atoms with Crippen LogP contribution in [0.5, 0.6) is 0 Å². The summed E-state index contributed by atoms with van der Waals surface area (Å²) in [6, 6.07) is 5.61. The topological polar surface area (TPSA) is 63.8 Å². The van der Waals surface area contributed by atoms with Crippen molar-refractivity contribution in [2.24, 2.45) is 0 Å². The van der Waals surface area contributed by atoms with Crippen molar-refractivity contribution in [1.82, 2.24) is 19.5 Å². The van der Waals surface area contributed by atoms with E-state index in [0.29, 0.717) is 6.54 Å². The molecule has 0 aliphatic carbocycles. The average Bonchev–Trinajstić information content (AvgIpc) is 2.78. The van der Waals surface area contributed by atoms with E-state index in [-0.39, 0.29) is 6.61 Å². The Kier molecular flexibility index (Phi) is 2.74. The molecule has 3 aromatic rings. The highest BCUT2D eigenvalue weighted by Gasteiger charge is 2.09. The standard InChI is InChI=1S/C13H12N4O/c18-9-10-7-17(8-12-14-5-2-6-15-12)13-11(10)3-1-4-16-13/h1-7,18H,8-9H2. The zero-order chi connectivity index (χ0) is 12.4. The van der Waals surface area contributed by atoms with Crippen molar-refractivity contribution in [3.63, 3.8) is 0 Å². The second kappa shape index (κ2) is 4.54. The van der Waals surface area contributed by atoms with Crippen molar-refractivity contribution in [2.75, 3.05) is 0 Å². The van der Waals surface area contributed by atoms with Crippen molar-refractivity contribution in [1.29, 1.82) is 0 Å². The molecule has 0 saturated carbocycles. The second-order valence-corrected chi connectivity index (χ2v) is 3.98. The fourth-order valence-electron chi connectivity index (χ4n) is 2.01. The molecule has 5 nitrogen and oxygen atoms in total. The lowest BCUT2D eigenvalue weighted by Gasteiger charge is -2.02. The zero-order valence-electron chi connectivity index (χ0n) is 9.69. The van der Waals surface area contributed by atoms with Gasteiger partial charge < -0.3 is 9.67 Å². The number of nitrogens with zero attached hydrogens (tertiary/aromatic N) is 4. The van der Waals surface area contributed by atoms with Crippen LogP contribution in [0.1, 0.15) is 11.4 Å². The van der Waals surface area contributed by atoms with Gasteiger partial charge >= 0.3 is 0 Å². The molecule has 0 aliphatic rings. The quantitative estimate of drug-likeness (QED) is 0.751. The first-order valence-corrected chi connectivity index (χ1v) is 5.68. The number of rotatable bonds is 3. The van der Waals surface area contributed by atoms with Gasteiger partial charge in [-0.05, 0) is 18.2 Å². The lowest BCUT2D eigenvalue weighted by Crippen LogP contribution is -2.03. The smallest absolute Gasteiger partial charge is 0.147 e. The Morgan fingerprint density at radius 3 is 2.61 bits per heavy atom. The molecule has 3 rings (SSSR count). The third-order valence-electron chi connectivity index (χ3n) is 2.82. The number of pyridine rings is 1. The number of aromatic nitrogens is 4. The summed E-state index contributed by atoms with van der Waals surface area (Å²) in [6.45, 7) is 0.555. The highest BCUT2D eigenvalue weighted by Crippen LogP contribution is 2.19. The molecule has 0 saturated heterocycles. The predicted molar refractivity (Wildman–Crippen MR) is 66.8 cm³/mol. The minimum absolute atomic E-state index is 0.00480. The summed E-state index contributed by atoms with van der Waals surface area (Å²) in [4.78, 5) is 12.7. The maximum Gasteiger partial charge on any atom is 0.147 e. The first kappa shape index (κ1) is 10.9. The molecule has 5 heteroatoms. The molecule has 0 amide bonds. The van der Waals surface area contributed by atoms with Crippen LogP contribution in [-0.2, 0) is 13.2 Å². The van der Waals surface area contributed by atoms with Gasteiger partial charge in [-0.2, -0.15) is 0 Å². The predicted octanol–water partition coefficient (Wildman–Crippen LogP) is 1.37. The van der Waals surface area contributed by atoms with Gasteiger partial charge in [-0.15, -0.1) is 0 Å². The van der Waals surface area contributed by atoms with Gasteiger partial charge in [0, 0.05) is 35.7 Å². The van der Waals surface area contributed by atoms with Crippen LogP contribution >= 0.6 is 0 Å². The maximum absolute atomic E-state index is 9.34. The van der Waals surface area contributed by atoms with Crippen molar-refractivity contribution < 1.29 is 5.11 Å². The van der Waals surface area contributed by atoms with E-state index < -0.39 is 0 Å². The summed E-state index contributed by atoms with van der Waals surface area (Å²) in [7, 11) is 0. The van der Waals surface area contributed by atoms with E-state index in [0.717, 1.165) is 22.4 Å². The molecule has 0 radical (unpaired) electrons. The summed E-state index contributed by atoms with van der Waals surface area (Å²) in [5.74, 6) is 0.726. The number of aliphatic hydroxyl groups excluding tert-OH is 1. The molecule has 0 bridgehead atoms. The van der Waals surface area contributed by atoms with E-state index >= 15 is 0 Å². The highest BCUT2D eigenvalue weighted by molar-refractivity contribution is 5.80. The Morgan fingerprint density at radius 2 is 1.83 bits per heavy atom. The van der Waals surface area contributed by atoms with Gasteiger partial charge in [0.2, 0.25) is 0 Å². The minimum atomic E-state index is 0.00480. The highest BCUT2D eigenvalue weighted by atomic mass is 16.3. The average molecular weight is 240 g/mol. The Hall–Kier alpha value is -2.27. The molecule has 0 unspecified atom stereocenters. The summed E-state index contributed by atoms with van der Waals surface area (Å²) < 4.78 is 1.95. The van der Waals surface area contributed by atoms with Crippen LogP contribution in [0.25, 0.3) is 11.0 Å². The van der Waals surface area contributed by atoms with E-state index in [1.165, 1.54) is 0 Å². The van der Waals surface area contributed by atoms with Crippen molar-refractivity contribution >= 4 is 11.0 Å². The molecule has 18 heavy (non-hydrogen) atoms. The molecule has 0 aromatic carbocycles. The molecule has 3 aromatic heterocycles. The number of hydrogen-bond acceptors (Lipinski definition) is 4. The molecule has 3 heterocycles. The summed E-state index contributed by atoms with van der Waals surface area (Å²) in [6.07, 6.45) is 7.07. The second-order valence-electron chi connectivity index (χ2n) is 3.98. The fourth-order valence-corrected chi connectivity index (χ4v) is 2.01. The SMILES string of the molecule is OCc1cn(Cc2ncccn2)c2ncccc12. The van der Waals surface area contributed by atoms with Crippen LogP contribution in [0.15, 0.2) is 43.0 Å². The molecule has 0 aliphatic heterocycles. The van der Waals surface area contributed by atoms with Gasteiger partial charge in [0.25, 0.3) is 0 Å². The van der Waals surface area contributed by atoms with Gasteiger partial charge in [-0.3, -0.25) is 0 Å². The van der Waals surface area contributed by atoms with Crippen LogP contribution in [-0.4, -0.2) is 24.6 Å². The Balaban J connectivity index is 2.07. The molecule has 0 atom stereocenters. The van der Waals surface area contributed by atoms with Crippen LogP contribution < -0.4 is 0 Å². The van der Waals surface area contributed by atoms with Gasteiger partial charge in [0.1, 0.15) is 11.5 Å². The summed E-state index contributed by atoms with van der Waals surface area (Å²) >= 11 is 0. The largest absolute Gasteiger partial charge is 0.392 e. The zero-order valence-corrected chi connectivity index (χ0v) is 9.69. The Labute approximate surface area is 104 Å². The molecule has 1 N–H and O–H groups in total. The third kappa shape index (κ3) is 1.84. The molecular formula is C13H12N4O. The first-order chi connectivity index (χ1) is 8.88. The Bertz CT molecular complexity index is 663. The van der Waals surface area contributed by atoms with Gasteiger partial charge in [0.05, 0.1) is 13.2 Å². The van der Waals surface area contributed by atoms with Gasteiger partial charge in [0.15, 0.2) is 0 Å². The molecule has 90 valence electrons. The summed E-state index contributed by atoms with van der Waals surface area (Å²) in [5.41, 5.74) is 1.71. The van der Waals surface area contributed by atoms with Crippen LogP contribution in [0.3, 0.4) is 0 Å². The van der Waals surface area contributed by atoms with E-state index in [9.17, 15) is 5.11 Å². The minimum Gasteiger partial charge on any atom is -0.392 e. The van der Waals surface area contributed by atoms with Gasteiger partial charge in [-0.1, -0.05) is 0 Å². The molecular weight excluding hydrogens is 228 g/mol. The van der Waals surface area contributed by atoms with E-state index in [4.69, 9.17) is 0 Å². The van der Waals surface area contributed by atoms with E-state index in [2.05, 4.69) is 15.0 Å². The van der Waals surface area contributed by atoms with Crippen molar-refractivity contribution in [3.05, 3.63) is 54.4 Å². The number of aliphatic hydroxyl groups is 1. The lowest BCUT2D eigenvalue weighted by atomic mass is 10.2. The normalized spacial score (nSPS) is 10.9. The van der Waals surface area contributed by atoms with Crippen molar-refractivity contribution in [2.45, 2.75) is 13.2 Å². The first-order valence-electron chi connectivity index (χ1n) is 5.68. The fraction of sp³-hybridized carbons (Fsp3) is 0.154. The number of hydrogen-bond donors (Lipinski definition) is 1. The monoisotopic (exact) mass is 240 g/mol. The van der Waals surface area contributed by atoms with Crippen molar-refractivity contribution in [3.8, 4) is 0 Å². The lowest BCUT2D eigenvalue weighted by molar-refractivity contribution is 0.283. The number of fused-ring (bicyclic) bond motifs is 1. The van der Waals surface area contributed by atoms with Gasteiger partial charge in [-0.25, -0.2) is 15.0 Å². The van der Waals surface area contributed by atoms with E-state index in [1.807, 2.05) is 22.9 Å².